The average Bonchev–Trinajstić information content (AvgIpc) is 2.80. The van der Waals surface area contributed by atoms with Gasteiger partial charge in [-0.05, 0) is 29.8 Å². The summed E-state index contributed by atoms with van der Waals surface area (Å²) >= 11 is 5.00. The van der Waals surface area contributed by atoms with Gasteiger partial charge in [0.15, 0.2) is 5.58 Å². The molecule has 3 nitrogen and oxygen atoms in total. The predicted molar refractivity (Wildman–Crippen MR) is 82.1 cm³/mol. The number of hydrogen-bond acceptors (Lipinski definition) is 4. The van der Waals surface area contributed by atoms with E-state index in [0.717, 1.165) is 21.3 Å². The molecule has 0 aliphatic rings. The Morgan fingerprint density at radius 3 is 2.74 bits per heavy atom. The number of fused-ring (bicyclic) bond motifs is 1. The Morgan fingerprint density at radius 1 is 1.16 bits per heavy atom. The van der Waals surface area contributed by atoms with Crippen LogP contribution in [0.2, 0.25) is 0 Å². The van der Waals surface area contributed by atoms with E-state index < -0.39 is 0 Å². The van der Waals surface area contributed by atoms with Gasteiger partial charge in [-0.25, -0.2) is 4.98 Å². The largest absolute Gasteiger partial charge is 0.431 e. The van der Waals surface area contributed by atoms with E-state index >= 15 is 0 Å². The molecule has 0 saturated carbocycles. The van der Waals surface area contributed by atoms with Crippen molar-refractivity contribution >= 4 is 44.5 Å². The predicted octanol–water partition coefficient (Wildman–Crippen LogP) is 4.46. The fraction of sp³-hybridized carbons (Fsp3) is 0.0714. The molecule has 5 heteroatoms. The van der Waals surface area contributed by atoms with E-state index in [1.807, 2.05) is 24.3 Å². The average molecular weight is 335 g/mol. The van der Waals surface area contributed by atoms with Crippen molar-refractivity contribution in [3.05, 3.63) is 52.5 Å². The summed E-state index contributed by atoms with van der Waals surface area (Å²) in [5.74, 6) is 0.829. The van der Waals surface area contributed by atoms with Gasteiger partial charge in [-0.15, -0.1) is 0 Å². The lowest BCUT2D eigenvalue weighted by molar-refractivity contribution is 0.489. The van der Waals surface area contributed by atoms with Crippen LogP contribution in [0, 0.1) is 0 Å². The zero-order valence-electron chi connectivity index (χ0n) is 9.97. The molecule has 0 aliphatic heterocycles. The highest BCUT2D eigenvalue weighted by molar-refractivity contribution is 9.10. The van der Waals surface area contributed by atoms with E-state index in [2.05, 4.69) is 33.0 Å². The lowest BCUT2D eigenvalue weighted by atomic mass is 10.2. The van der Waals surface area contributed by atoms with Crippen molar-refractivity contribution in [3.8, 4) is 0 Å². The lowest BCUT2D eigenvalue weighted by Gasteiger charge is -1.98. The molecule has 0 spiro atoms. The minimum absolute atomic E-state index is 0.670. The molecular formula is C14H11BrN2OS. The Balaban J connectivity index is 1.76. The number of hydrogen-bond donors (Lipinski definition) is 1. The summed E-state index contributed by atoms with van der Waals surface area (Å²) in [6, 6.07) is 13.7. The highest BCUT2D eigenvalue weighted by Crippen LogP contribution is 2.27. The van der Waals surface area contributed by atoms with Crippen molar-refractivity contribution in [3.63, 3.8) is 0 Å². The Labute approximate surface area is 123 Å². The normalized spacial score (nSPS) is 11.0. The van der Waals surface area contributed by atoms with Crippen LogP contribution < -0.4 is 5.73 Å². The van der Waals surface area contributed by atoms with Crippen LogP contribution in [0.25, 0.3) is 11.1 Å². The SMILES string of the molecule is Nc1ccc2nc(SCc3ccc(Br)cc3)oc2c1. The standard InChI is InChI=1S/C14H11BrN2OS/c15-10-3-1-9(2-4-10)8-19-14-17-12-6-5-11(16)7-13(12)18-14/h1-7H,8,16H2. The Kier molecular flexibility index (Phi) is 3.48. The number of oxazole rings is 1. The number of benzene rings is 2. The molecule has 0 aliphatic carbocycles. The van der Waals surface area contributed by atoms with Crippen molar-refractivity contribution in [1.29, 1.82) is 0 Å². The number of anilines is 1. The van der Waals surface area contributed by atoms with E-state index in [1.54, 1.807) is 17.8 Å². The summed E-state index contributed by atoms with van der Waals surface area (Å²) in [5, 5.41) is 0.670. The molecule has 2 aromatic carbocycles. The van der Waals surface area contributed by atoms with Gasteiger partial charge < -0.3 is 10.2 Å². The molecule has 19 heavy (non-hydrogen) atoms. The molecule has 0 atom stereocenters. The lowest BCUT2D eigenvalue weighted by Crippen LogP contribution is -1.81. The molecule has 96 valence electrons. The second kappa shape index (κ2) is 5.27. The second-order valence-electron chi connectivity index (χ2n) is 4.12. The minimum atomic E-state index is 0.670. The first-order valence-electron chi connectivity index (χ1n) is 5.74. The molecule has 0 unspecified atom stereocenters. The van der Waals surface area contributed by atoms with Gasteiger partial charge in [-0.3, -0.25) is 0 Å². The molecule has 0 amide bonds. The molecular weight excluding hydrogens is 324 g/mol. The number of nitrogens with zero attached hydrogens (tertiary/aromatic N) is 1. The third-order valence-corrected chi connectivity index (χ3v) is 4.10. The molecule has 0 bridgehead atoms. The maximum atomic E-state index is 5.71. The van der Waals surface area contributed by atoms with Crippen LogP contribution >= 0.6 is 27.7 Å². The number of aromatic nitrogens is 1. The highest BCUT2D eigenvalue weighted by atomic mass is 79.9. The number of rotatable bonds is 3. The zero-order valence-corrected chi connectivity index (χ0v) is 12.4. The van der Waals surface area contributed by atoms with Crippen LogP contribution in [0.15, 0.2) is 56.6 Å². The van der Waals surface area contributed by atoms with Crippen molar-refractivity contribution < 1.29 is 4.42 Å². The summed E-state index contributed by atoms with van der Waals surface area (Å²) in [6.45, 7) is 0. The van der Waals surface area contributed by atoms with E-state index in [0.29, 0.717) is 10.9 Å². The van der Waals surface area contributed by atoms with Crippen LogP contribution in [-0.4, -0.2) is 4.98 Å². The molecule has 2 N–H and O–H groups in total. The quantitative estimate of drug-likeness (QED) is 0.567. The third kappa shape index (κ3) is 2.93. The molecule has 1 heterocycles. The van der Waals surface area contributed by atoms with Crippen LogP contribution in [0.5, 0.6) is 0 Å². The zero-order chi connectivity index (χ0) is 13.2. The minimum Gasteiger partial charge on any atom is -0.431 e. The van der Waals surface area contributed by atoms with Gasteiger partial charge >= 0.3 is 0 Å². The van der Waals surface area contributed by atoms with Crippen LogP contribution in [0.4, 0.5) is 5.69 Å². The molecule has 0 radical (unpaired) electrons. The van der Waals surface area contributed by atoms with Crippen molar-refractivity contribution in [2.75, 3.05) is 5.73 Å². The maximum absolute atomic E-state index is 5.71. The van der Waals surface area contributed by atoms with Gasteiger partial charge in [0, 0.05) is 22.0 Å². The Bertz CT molecular complexity index is 709. The monoisotopic (exact) mass is 334 g/mol. The van der Waals surface area contributed by atoms with Gasteiger partial charge in [-0.2, -0.15) is 0 Å². The van der Waals surface area contributed by atoms with E-state index in [9.17, 15) is 0 Å². The van der Waals surface area contributed by atoms with Crippen molar-refractivity contribution in [1.82, 2.24) is 4.98 Å². The van der Waals surface area contributed by atoms with Crippen LogP contribution in [0.3, 0.4) is 0 Å². The fourth-order valence-corrected chi connectivity index (χ4v) is 2.77. The smallest absolute Gasteiger partial charge is 0.257 e. The fourth-order valence-electron chi connectivity index (χ4n) is 1.71. The van der Waals surface area contributed by atoms with E-state index in [4.69, 9.17) is 10.2 Å². The first-order chi connectivity index (χ1) is 9.20. The third-order valence-electron chi connectivity index (χ3n) is 2.67. The van der Waals surface area contributed by atoms with Crippen LogP contribution in [-0.2, 0) is 5.75 Å². The highest BCUT2D eigenvalue weighted by Gasteiger charge is 2.06. The molecule has 0 saturated heterocycles. The first kappa shape index (κ1) is 12.6. The van der Waals surface area contributed by atoms with Crippen LogP contribution in [0.1, 0.15) is 5.56 Å². The number of thioether (sulfide) groups is 1. The number of nitrogens with two attached hydrogens (primary N) is 1. The van der Waals surface area contributed by atoms with Gasteiger partial charge in [0.2, 0.25) is 0 Å². The van der Waals surface area contributed by atoms with E-state index in [1.165, 1.54) is 5.56 Å². The molecule has 3 rings (SSSR count). The first-order valence-corrected chi connectivity index (χ1v) is 7.52. The van der Waals surface area contributed by atoms with Crippen molar-refractivity contribution in [2.45, 2.75) is 11.0 Å². The molecule has 0 fully saturated rings. The summed E-state index contributed by atoms with van der Waals surface area (Å²) in [5.41, 5.74) is 9.21. The Hall–Kier alpha value is -1.46. The van der Waals surface area contributed by atoms with Gasteiger partial charge in [0.1, 0.15) is 5.52 Å². The molecule has 3 aromatic rings. The van der Waals surface area contributed by atoms with E-state index in [-0.39, 0.29) is 0 Å². The summed E-state index contributed by atoms with van der Waals surface area (Å²) < 4.78 is 6.74. The summed E-state index contributed by atoms with van der Waals surface area (Å²) in [6.07, 6.45) is 0. The van der Waals surface area contributed by atoms with Gasteiger partial charge in [0.05, 0.1) is 0 Å². The Morgan fingerprint density at radius 2 is 1.95 bits per heavy atom. The number of halogens is 1. The van der Waals surface area contributed by atoms with Gasteiger partial charge in [0.25, 0.3) is 5.22 Å². The number of nitrogen functional groups attached to an aromatic ring is 1. The molecule has 1 aromatic heterocycles. The summed E-state index contributed by atoms with van der Waals surface area (Å²) in [7, 11) is 0. The second-order valence-corrected chi connectivity index (χ2v) is 5.96. The maximum Gasteiger partial charge on any atom is 0.257 e. The van der Waals surface area contributed by atoms with Gasteiger partial charge in [-0.1, -0.05) is 39.8 Å². The topological polar surface area (TPSA) is 52.0 Å². The summed E-state index contributed by atoms with van der Waals surface area (Å²) in [4.78, 5) is 4.42. The van der Waals surface area contributed by atoms with Crippen molar-refractivity contribution in [2.24, 2.45) is 0 Å².